The summed E-state index contributed by atoms with van der Waals surface area (Å²) in [5.41, 5.74) is 2.47. The standard InChI is InChI=1S/C19H16O3S2/c1-11-4-3-5-13(8-11)15(20)9-14-10-23-18(17(14)19(21)22)16-7-6-12(2)24-16/h3-8,10H,9H2,1-2H3,(H,21,22). The van der Waals surface area contributed by atoms with Gasteiger partial charge in [0.25, 0.3) is 0 Å². The van der Waals surface area contributed by atoms with Crippen LogP contribution in [0.3, 0.4) is 0 Å². The van der Waals surface area contributed by atoms with E-state index >= 15 is 0 Å². The normalized spacial score (nSPS) is 10.8. The first kappa shape index (κ1) is 16.6. The molecular weight excluding hydrogens is 340 g/mol. The average molecular weight is 356 g/mol. The summed E-state index contributed by atoms with van der Waals surface area (Å²) in [6, 6.07) is 11.3. The number of carboxylic acid groups (broad SMARTS) is 1. The van der Waals surface area contributed by atoms with Crippen molar-refractivity contribution in [2.45, 2.75) is 20.3 Å². The fraction of sp³-hybridized carbons (Fsp3) is 0.158. The summed E-state index contributed by atoms with van der Waals surface area (Å²) in [7, 11) is 0. The predicted molar refractivity (Wildman–Crippen MR) is 98.5 cm³/mol. The van der Waals surface area contributed by atoms with Crippen LogP contribution in [0.1, 0.15) is 36.7 Å². The van der Waals surface area contributed by atoms with Gasteiger partial charge in [-0.3, -0.25) is 4.79 Å². The third-order valence-corrected chi connectivity index (χ3v) is 5.95. The monoisotopic (exact) mass is 356 g/mol. The minimum atomic E-state index is -0.982. The van der Waals surface area contributed by atoms with Crippen LogP contribution in [0.15, 0.2) is 41.8 Å². The number of ketones is 1. The average Bonchev–Trinajstić information content (AvgIpc) is 3.13. The molecule has 0 bridgehead atoms. The summed E-state index contributed by atoms with van der Waals surface area (Å²) in [6.07, 6.45) is 0.103. The first-order chi connectivity index (χ1) is 11.5. The van der Waals surface area contributed by atoms with Crippen molar-refractivity contribution in [3.05, 3.63) is 68.9 Å². The fourth-order valence-electron chi connectivity index (χ4n) is 2.59. The van der Waals surface area contributed by atoms with E-state index in [0.29, 0.717) is 11.1 Å². The summed E-state index contributed by atoms with van der Waals surface area (Å²) < 4.78 is 0. The van der Waals surface area contributed by atoms with E-state index in [0.717, 1.165) is 20.2 Å². The molecule has 3 rings (SSSR count). The number of aromatic carboxylic acids is 1. The summed E-state index contributed by atoms with van der Waals surface area (Å²) in [5, 5.41) is 11.4. The molecule has 0 spiro atoms. The zero-order chi connectivity index (χ0) is 17.3. The van der Waals surface area contributed by atoms with Gasteiger partial charge in [0.15, 0.2) is 5.78 Å². The minimum Gasteiger partial charge on any atom is -0.478 e. The van der Waals surface area contributed by atoms with Gasteiger partial charge in [-0.05, 0) is 43.0 Å². The van der Waals surface area contributed by atoms with Crippen molar-refractivity contribution in [2.24, 2.45) is 0 Å². The van der Waals surface area contributed by atoms with Crippen molar-refractivity contribution in [1.29, 1.82) is 0 Å². The van der Waals surface area contributed by atoms with E-state index in [4.69, 9.17) is 0 Å². The van der Waals surface area contributed by atoms with Crippen molar-refractivity contribution < 1.29 is 14.7 Å². The molecule has 0 unspecified atom stereocenters. The highest BCUT2D eigenvalue weighted by atomic mass is 32.1. The van der Waals surface area contributed by atoms with Crippen LogP contribution in [0.5, 0.6) is 0 Å². The van der Waals surface area contributed by atoms with Gasteiger partial charge < -0.3 is 5.11 Å². The van der Waals surface area contributed by atoms with Gasteiger partial charge >= 0.3 is 5.97 Å². The van der Waals surface area contributed by atoms with Gasteiger partial charge in [-0.1, -0.05) is 23.8 Å². The van der Waals surface area contributed by atoms with Gasteiger partial charge in [0.1, 0.15) is 0 Å². The number of carboxylic acids is 1. The fourth-order valence-corrected chi connectivity index (χ4v) is 4.65. The molecule has 0 fully saturated rings. The van der Waals surface area contributed by atoms with Crippen LogP contribution in [0.4, 0.5) is 0 Å². The van der Waals surface area contributed by atoms with Gasteiger partial charge in [0.2, 0.25) is 0 Å². The molecule has 0 aliphatic carbocycles. The molecule has 0 aliphatic rings. The van der Waals surface area contributed by atoms with Crippen LogP contribution < -0.4 is 0 Å². The molecule has 0 radical (unpaired) electrons. The summed E-state index contributed by atoms with van der Waals surface area (Å²) in [5.74, 6) is -1.04. The van der Waals surface area contributed by atoms with Crippen molar-refractivity contribution in [3.63, 3.8) is 0 Å². The molecule has 2 aromatic heterocycles. The second-order valence-electron chi connectivity index (χ2n) is 5.65. The van der Waals surface area contributed by atoms with Crippen molar-refractivity contribution in [1.82, 2.24) is 0 Å². The van der Waals surface area contributed by atoms with Crippen molar-refractivity contribution in [2.75, 3.05) is 0 Å². The van der Waals surface area contributed by atoms with Crippen molar-refractivity contribution >= 4 is 34.4 Å². The number of hydrogen-bond acceptors (Lipinski definition) is 4. The maximum atomic E-state index is 12.5. The maximum Gasteiger partial charge on any atom is 0.337 e. The molecule has 0 saturated carbocycles. The summed E-state index contributed by atoms with van der Waals surface area (Å²) in [6.45, 7) is 3.92. The summed E-state index contributed by atoms with van der Waals surface area (Å²) in [4.78, 5) is 27.1. The largest absolute Gasteiger partial charge is 0.478 e. The number of benzene rings is 1. The number of hydrogen-bond donors (Lipinski definition) is 1. The Morgan fingerprint density at radius 3 is 2.54 bits per heavy atom. The van der Waals surface area contributed by atoms with Gasteiger partial charge in [-0.25, -0.2) is 4.79 Å². The van der Waals surface area contributed by atoms with Gasteiger partial charge in [0.05, 0.1) is 10.4 Å². The Hall–Kier alpha value is -2.24. The zero-order valence-corrected chi connectivity index (χ0v) is 15.0. The number of carbonyl (C=O) groups excluding carboxylic acids is 1. The van der Waals surface area contributed by atoms with Crippen LogP contribution in [0.2, 0.25) is 0 Å². The third-order valence-electron chi connectivity index (χ3n) is 3.74. The molecule has 24 heavy (non-hydrogen) atoms. The maximum absolute atomic E-state index is 12.5. The van der Waals surface area contributed by atoms with Gasteiger partial charge in [0, 0.05) is 21.7 Å². The molecule has 0 aliphatic heterocycles. The smallest absolute Gasteiger partial charge is 0.337 e. The van der Waals surface area contributed by atoms with Crippen LogP contribution >= 0.6 is 22.7 Å². The Bertz CT molecular complexity index is 918. The summed E-state index contributed by atoms with van der Waals surface area (Å²) >= 11 is 2.95. The third kappa shape index (κ3) is 3.32. The predicted octanol–water partition coefficient (Wildman–Crippen LogP) is 5.22. The van der Waals surface area contributed by atoms with E-state index in [9.17, 15) is 14.7 Å². The minimum absolute atomic E-state index is 0.0621. The molecule has 1 N–H and O–H groups in total. The number of Topliss-reactive ketones (excluding diaryl/α,β-unsaturated/α-hetero) is 1. The van der Waals surface area contributed by atoms with E-state index in [1.54, 1.807) is 22.8 Å². The quantitative estimate of drug-likeness (QED) is 0.638. The van der Waals surface area contributed by atoms with E-state index in [1.807, 2.05) is 44.2 Å². The Morgan fingerprint density at radius 2 is 1.92 bits per heavy atom. The highest BCUT2D eigenvalue weighted by Crippen LogP contribution is 2.37. The lowest BCUT2D eigenvalue weighted by molar-refractivity contribution is 0.0697. The molecule has 0 amide bonds. The molecule has 0 saturated heterocycles. The molecule has 0 atom stereocenters. The Kier molecular flexibility index (Phi) is 4.64. The second-order valence-corrected chi connectivity index (χ2v) is 7.82. The van der Waals surface area contributed by atoms with Crippen LogP contribution in [-0.2, 0) is 6.42 Å². The van der Waals surface area contributed by atoms with Gasteiger partial charge in [-0.2, -0.15) is 0 Å². The Morgan fingerprint density at radius 1 is 1.12 bits per heavy atom. The molecule has 1 aromatic carbocycles. The van der Waals surface area contributed by atoms with E-state index in [2.05, 4.69) is 0 Å². The number of carbonyl (C=O) groups is 2. The molecule has 3 nitrogen and oxygen atoms in total. The van der Waals surface area contributed by atoms with Crippen LogP contribution in [0.25, 0.3) is 9.75 Å². The zero-order valence-electron chi connectivity index (χ0n) is 13.3. The van der Waals surface area contributed by atoms with Gasteiger partial charge in [-0.15, -0.1) is 22.7 Å². The first-order valence-electron chi connectivity index (χ1n) is 7.46. The van der Waals surface area contributed by atoms with Crippen LogP contribution in [-0.4, -0.2) is 16.9 Å². The molecule has 3 aromatic rings. The SMILES string of the molecule is Cc1cccc(C(=O)Cc2csc(-c3ccc(C)s3)c2C(=O)O)c1. The molecule has 5 heteroatoms. The number of rotatable bonds is 5. The molecular formula is C19H16O3S2. The number of aryl methyl sites for hydroxylation is 2. The number of thiophene rings is 2. The lowest BCUT2D eigenvalue weighted by atomic mass is 10.00. The van der Waals surface area contributed by atoms with E-state index in [-0.39, 0.29) is 17.8 Å². The lowest BCUT2D eigenvalue weighted by Crippen LogP contribution is -2.08. The van der Waals surface area contributed by atoms with E-state index < -0.39 is 5.97 Å². The molecule has 2 heterocycles. The second kappa shape index (κ2) is 6.71. The lowest BCUT2D eigenvalue weighted by Gasteiger charge is -2.04. The molecule has 122 valence electrons. The topological polar surface area (TPSA) is 54.4 Å². The van der Waals surface area contributed by atoms with Crippen molar-refractivity contribution in [3.8, 4) is 9.75 Å². The Labute approximate surface area is 148 Å². The van der Waals surface area contributed by atoms with Crippen LogP contribution in [0, 0.1) is 13.8 Å². The highest BCUT2D eigenvalue weighted by molar-refractivity contribution is 7.21. The highest BCUT2D eigenvalue weighted by Gasteiger charge is 2.22. The Balaban J connectivity index is 1.95. The van der Waals surface area contributed by atoms with E-state index in [1.165, 1.54) is 11.3 Å². The first-order valence-corrected chi connectivity index (χ1v) is 9.15.